The summed E-state index contributed by atoms with van der Waals surface area (Å²) >= 11 is 3.39. The SMILES string of the molecule is CCCN(CC1CCCCN1)C(C)c1ccc(Br)o1. The van der Waals surface area contributed by atoms with Crippen LogP contribution in [0, 0.1) is 0 Å². The van der Waals surface area contributed by atoms with E-state index in [1.807, 2.05) is 6.07 Å². The van der Waals surface area contributed by atoms with E-state index in [-0.39, 0.29) is 0 Å². The molecule has 0 saturated carbocycles. The van der Waals surface area contributed by atoms with Gasteiger partial charge < -0.3 is 9.73 Å². The number of hydrogen-bond acceptors (Lipinski definition) is 3. The van der Waals surface area contributed by atoms with Crippen molar-refractivity contribution in [3.05, 3.63) is 22.6 Å². The molecule has 2 rings (SSSR count). The fourth-order valence-corrected chi connectivity index (χ4v) is 3.14. The maximum atomic E-state index is 5.72. The van der Waals surface area contributed by atoms with Crippen molar-refractivity contribution in [3.8, 4) is 0 Å². The molecule has 0 radical (unpaired) electrons. The highest BCUT2D eigenvalue weighted by atomic mass is 79.9. The molecule has 108 valence electrons. The normalized spacial score (nSPS) is 21.8. The van der Waals surface area contributed by atoms with Crippen LogP contribution in [0.1, 0.15) is 51.3 Å². The van der Waals surface area contributed by atoms with E-state index in [0.717, 1.165) is 23.5 Å². The molecule has 1 aliphatic heterocycles. The zero-order valence-corrected chi connectivity index (χ0v) is 13.6. The van der Waals surface area contributed by atoms with Gasteiger partial charge in [-0.3, -0.25) is 4.90 Å². The second-order valence-corrected chi connectivity index (χ2v) is 6.24. The largest absolute Gasteiger partial charge is 0.453 e. The van der Waals surface area contributed by atoms with Gasteiger partial charge >= 0.3 is 0 Å². The molecule has 0 aromatic carbocycles. The standard InChI is InChI=1S/C15H25BrN2O/c1-3-10-18(11-13-6-4-5-9-17-13)12(2)14-7-8-15(16)19-14/h7-8,12-13,17H,3-6,9-11H2,1-2H3. The topological polar surface area (TPSA) is 28.4 Å². The smallest absolute Gasteiger partial charge is 0.169 e. The Kier molecular flexibility index (Phi) is 5.92. The Bertz CT molecular complexity index is 374. The lowest BCUT2D eigenvalue weighted by Crippen LogP contribution is -2.44. The average molecular weight is 329 g/mol. The van der Waals surface area contributed by atoms with E-state index < -0.39 is 0 Å². The van der Waals surface area contributed by atoms with Crippen molar-refractivity contribution in [1.29, 1.82) is 0 Å². The van der Waals surface area contributed by atoms with Gasteiger partial charge in [0.1, 0.15) is 5.76 Å². The number of nitrogens with one attached hydrogen (secondary N) is 1. The summed E-state index contributed by atoms with van der Waals surface area (Å²) in [5, 5.41) is 3.64. The number of furan rings is 1. The number of piperidine rings is 1. The van der Waals surface area contributed by atoms with Crippen LogP contribution in [0.25, 0.3) is 0 Å². The van der Waals surface area contributed by atoms with Gasteiger partial charge in [-0.15, -0.1) is 0 Å². The lowest BCUT2D eigenvalue weighted by atomic mass is 10.0. The Morgan fingerprint density at radius 2 is 2.32 bits per heavy atom. The molecule has 2 unspecified atom stereocenters. The molecule has 0 aliphatic carbocycles. The highest BCUT2D eigenvalue weighted by molar-refractivity contribution is 9.10. The van der Waals surface area contributed by atoms with Crippen molar-refractivity contribution in [1.82, 2.24) is 10.2 Å². The van der Waals surface area contributed by atoms with Crippen LogP contribution in [0.5, 0.6) is 0 Å². The molecule has 0 bridgehead atoms. The van der Waals surface area contributed by atoms with Gasteiger partial charge in [0.05, 0.1) is 6.04 Å². The molecule has 3 nitrogen and oxygen atoms in total. The summed E-state index contributed by atoms with van der Waals surface area (Å²) in [4.78, 5) is 2.54. The third-order valence-electron chi connectivity index (χ3n) is 3.93. The maximum Gasteiger partial charge on any atom is 0.169 e. The number of hydrogen-bond donors (Lipinski definition) is 1. The predicted molar refractivity (Wildman–Crippen MR) is 82.3 cm³/mol. The predicted octanol–water partition coefficient (Wildman–Crippen LogP) is 3.96. The maximum absolute atomic E-state index is 5.72. The summed E-state index contributed by atoms with van der Waals surface area (Å²) in [5.74, 6) is 1.05. The molecule has 1 saturated heterocycles. The second kappa shape index (κ2) is 7.46. The first-order chi connectivity index (χ1) is 9.20. The quantitative estimate of drug-likeness (QED) is 0.856. The van der Waals surface area contributed by atoms with Gasteiger partial charge in [0, 0.05) is 12.6 Å². The highest BCUT2D eigenvalue weighted by Crippen LogP contribution is 2.25. The lowest BCUT2D eigenvalue weighted by molar-refractivity contribution is 0.158. The molecule has 1 fully saturated rings. The van der Waals surface area contributed by atoms with Crippen LogP contribution in [-0.2, 0) is 0 Å². The van der Waals surface area contributed by atoms with Crippen molar-refractivity contribution in [2.45, 2.75) is 51.6 Å². The van der Waals surface area contributed by atoms with Crippen LogP contribution in [-0.4, -0.2) is 30.6 Å². The molecule has 4 heteroatoms. The Morgan fingerprint density at radius 1 is 1.47 bits per heavy atom. The molecule has 0 amide bonds. The number of halogens is 1. The van der Waals surface area contributed by atoms with Gasteiger partial charge in [-0.05, 0) is 67.3 Å². The minimum Gasteiger partial charge on any atom is -0.453 e. The van der Waals surface area contributed by atoms with Gasteiger partial charge in [0.15, 0.2) is 4.67 Å². The molecule has 2 heterocycles. The van der Waals surface area contributed by atoms with Gasteiger partial charge in [-0.2, -0.15) is 0 Å². The summed E-state index contributed by atoms with van der Waals surface area (Å²) in [6, 6.07) is 5.04. The van der Waals surface area contributed by atoms with Gasteiger partial charge in [0.2, 0.25) is 0 Å². The number of rotatable bonds is 6. The minimum atomic E-state index is 0.343. The summed E-state index contributed by atoms with van der Waals surface area (Å²) in [5.41, 5.74) is 0. The van der Waals surface area contributed by atoms with Crippen LogP contribution in [0.3, 0.4) is 0 Å². The Labute approximate surface area is 124 Å². The minimum absolute atomic E-state index is 0.343. The van der Waals surface area contributed by atoms with Crippen molar-refractivity contribution in [2.75, 3.05) is 19.6 Å². The molecule has 1 aromatic heterocycles. The van der Waals surface area contributed by atoms with Gasteiger partial charge in [-0.1, -0.05) is 13.3 Å². The summed E-state index contributed by atoms with van der Waals surface area (Å²) < 4.78 is 6.54. The van der Waals surface area contributed by atoms with Crippen molar-refractivity contribution >= 4 is 15.9 Å². The molecule has 0 spiro atoms. The third kappa shape index (κ3) is 4.33. The molecule has 2 atom stereocenters. The third-order valence-corrected chi connectivity index (χ3v) is 4.36. The van der Waals surface area contributed by atoms with E-state index in [1.54, 1.807) is 0 Å². The zero-order chi connectivity index (χ0) is 13.7. The van der Waals surface area contributed by atoms with Gasteiger partial charge in [-0.25, -0.2) is 0 Å². The summed E-state index contributed by atoms with van der Waals surface area (Å²) in [6.07, 6.45) is 5.16. The lowest BCUT2D eigenvalue weighted by Gasteiger charge is -2.33. The second-order valence-electron chi connectivity index (χ2n) is 5.46. The summed E-state index contributed by atoms with van der Waals surface area (Å²) in [6.45, 7) is 7.89. The van der Waals surface area contributed by atoms with E-state index in [4.69, 9.17) is 4.42 Å². The van der Waals surface area contributed by atoms with Crippen molar-refractivity contribution in [3.63, 3.8) is 0 Å². The van der Waals surface area contributed by atoms with E-state index in [9.17, 15) is 0 Å². The van der Waals surface area contributed by atoms with Crippen LogP contribution in [0.2, 0.25) is 0 Å². The highest BCUT2D eigenvalue weighted by Gasteiger charge is 2.22. The Hall–Kier alpha value is -0.320. The molecular formula is C15H25BrN2O. The monoisotopic (exact) mass is 328 g/mol. The number of nitrogens with zero attached hydrogens (tertiary/aromatic N) is 1. The molecule has 1 aliphatic rings. The zero-order valence-electron chi connectivity index (χ0n) is 12.0. The molecule has 1 N–H and O–H groups in total. The first kappa shape index (κ1) is 15.1. The molecule has 1 aromatic rings. The first-order valence-electron chi connectivity index (χ1n) is 7.43. The van der Waals surface area contributed by atoms with E-state index in [2.05, 4.69) is 46.1 Å². The molecular weight excluding hydrogens is 304 g/mol. The van der Waals surface area contributed by atoms with E-state index in [0.29, 0.717) is 12.1 Å². The first-order valence-corrected chi connectivity index (χ1v) is 8.22. The van der Waals surface area contributed by atoms with Crippen LogP contribution < -0.4 is 5.32 Å². The van der Waals surface area contributed by atoms with Crippen LogP contribution in [0.15, 0.2) is 21.2 Å². The van der Waals surface area contributed by atoms with E-state index in [1.165, 1.54) is 32.2 Å². The molecule has 19 heavy (non-hydrogen) atoms. The van der Waals surface area contributed by atoms with Crippen LogP contribution >= 0.6 is 15.9 Å². The Morgan fingerprint density at radius 3 is 2.89 bits per heavy atom. The fourth-order valence-electron chi connectivity index (χ4n) is 2.83. The van der Waals surface area contributed by atoms with Crippen LogP contribution in [0.4, 0.5) is 0 Å². The van der Waals surface area contributed by atoms with Crippen molar-refractivity contribution < 1.29 is 4.42 Å². The van der Waals surface area contributed by atoms with Crippen molar-refractivity contribution in [2.24, 2.45) is 0 Å². The fraction of sp³-hybridized carbons (Fsp3) is 0.733. The van der Waals surface area contributed by atoms with Gasteiger partial charge in [0.25, 0.3) is 0 Å². The Balaban J connectivity index is 1.97. The summed E-state index contributed by atoms with van der Waals surface area (Å²) in [7, 11) is 0. The average Bonchev–Trinajstić information content (AvgIpc) is 2.85. The van der Waals surface area contributed by atoms with E-state index >= 15 is 0 Å².